The maximum atomic E-state index is 4.67. The Morgan fingerprint density at radius 3 is 2.68 bits per heavy atom. The van der Waals surface area contributed by atoms with Crippen LogP contribution in [0.4, 0.5) is 5.82 Å². The first kappa shape index (κ1) is 19.9. The number of halogens is 2. The molecular formula is C17H26Cl2N6. The first-order chi connectivity index (χ1) is 11.2. The highest BCUT2D eigenvalue weighted by atomic mass is 35.5. The lowest BCUT2D eigenvalue weighted by Gasteiger charge is -2.21. The molecule has 0 radical (unpaired) electrons. The van der Waals surface area contributed by atoms with Crippen LogP contribution < -0.4 is 10.2 Å². The minimum Gasteiger partial charge on any atom is -0.354 e. The smallest absolute Gasteiger partial charge is 0.135 e. The van der Waals surface area contributed by atoms with Crippen LogP contribution in [0.15, 0.2) is 12.4 Å². The number of nitrogens with one attached hydrogen (secondary N) is 1. The molecule has 2 aliphatic heterocycles. The molecule has 0 aliphatic carbocycles. The Kier molecular flexibility index (Phi) is 6.65. The van der Waals surface area contributed by atoms with Gasteiger partial charge in [0.15, 0.2) is 0 Å². The van der Waals surface area contributed by atoms with Gasteiger partial charge in [0, 0.05) is 37.3 Å². The maximum Gasteiger partial charge on any atom is 0.135 e. The SMILES string of the molecule is Cc1cc(C)n(C2CCN(c3ncnc4c3CCNCC4)C2)n1.Cl.Cl. The van der Waals surface area contributed by atoms with E-state index in [1.54, 1.807) is 6.33 Å². The third-order valence-electron chi connectivity index (χ3n) is 4.96. The van der Waals surface area contributed by atoms with E-state index in [1.807, 2.05) is 0 Å². The first-order valence-electron chi connectivity index (χ1n) is 8.53. The number of fused-ring (bicyclic) bond motifs is 1. The minimum atomic E-state index is 0. The number of anilines is 1. The van der Waals surface area contributed by atoms with E-state index in [1.165, 1.54) is 17.0 Å². The molecule has 1 unspecified atom stereocenters. The molecule has 0 aromatic carbocycles. The molecule has 25 heavy (non-hydrogen) atoms. The summed E-state index contributed by atoms with van der Waals surface area (Å²) < 4.78 is 2.19. The van der Waals surface area contributed by atoms with Crippen LogP contribution in [0.1, 0.15) is 35.1 Å². The topological polar surface area (TPSA) is 58.9 Å². The van der Waals surface area contributed by atoms with E-state index in [9.17, 15) is 0 Å². The van der Waals surface area contributed by atoms with Crippen molar-refractivity contribution in [3.63, 3.8) is 0 Å². The van der Waals surface area contributed by atoms with E-state index < -0.39 is 0 Å². The van der Waals surface area contributed by atoms with Crippen molar-refractivity contribution in [1.29, 1.82) is 0 Å². The first-order valence-corrected chi connectivity index (χ1v) is 8.53. The summed E-state index contributed by atoms with van der Waals surface area (Å²) in [7, 11) is 0. The molecule has 1 N–H and O–H groups in total. The van der Waals surface area contributed by atoms with Crippen molar-refractivity contribution >= 4 is 30.6 Å². The van der Waals surface area contributed by atoms with Crippen molar-refractivity contribution in [3.8, 4) is 0 Å². The Bertz CT molecular complexity index is 717. The van der Waals surface area contributed by atoms with Crippen LogP contribution >= 0.6 is 24.8 Å². The number of rotatable bonds is 2. The Hall–Kier alpha value is -1.37. The van der Waals surface area contributed by atoms with E-state index in [2.05, 4.69) is 49.9 Å². The monoisotopic (exact) mass is 384 g/mol. The second-order valence-electron chi connectivity index (χ2n) is 6.63. The lowest BCUT2D eigenvalue weighted by molar-refractivity contribution is 0.481. The molecule has 0 saturated carbocycles. The van der Waals surface area contributed by atoms with E-state index in [4.69, 9.17) is 0 Å². The summed E-state index contributed by atoms with van der Waals surface area (Å²) in [5.41, 5.74) is 4.91. The maximum absolute atomic E-state index is 4.67. The number of nitrogens with zero attached hydrogens (tertiary/aromatic N) is 5. The molecule has 4 rings (SSSR count). The summed E-state index contributed by atoms with van der Waals surface area (Å²) in [5, 5.41) is 8.13. The molecule has 2 aliphatic rings. The Morgan fingerprint density at radius 2 is 1.92 bits per heavy atom. The molecule has 0 amide bonds. The lowest BCUT2D eigenvalue weighted by atomic mass is 10.1. The van der Waals surface area contributed by atoms with Gasteiger partial charge in [0.25, 0.3) is 0 Å². The largest absolute Gasteiger partial charge is 0.354 e. The third-order valence-corrected chi connectivity index (χ3v) is 4.96. The molecule has 6 nitrogen and oxygen atoms in total. The normalized spacial score (nSPS) is 19.6. The standard InChI is InChI=1S/C17H24N6.2ClH/c1-12-9-13(2)23(21-12)14-5-8-22(10-14)17-15-3-6-18-7-4-16(15)19-11-20-17;;/h9,11,14,18H,3-8,10H2,1-2H3;2*1H. The van der Waals surface area contributed by atoms with Gasteiger partial charge in [-0.3, -0.25) is 4.68 Å². The van der Waals surface area contributed by atoms with Gasteiger partial charge in [-0.15, -0.1) is 24.8 Å². The van der Waals surface area contributed by atoms with E-state index >= 15 is 0 Å². The number of aryl methyl sites for hydroxylation is 2. The number of hydrogen-bond donors (Lipinski definition) is 1. The zero-order valence-electron chi connectivity index (χ0n) is 14.7. The molecule has 4 heterocycles. The zero-order valence-corrected chi connectivity index (χ0v) is 16.4. The molecule has 1 fully saturated rings. The van der Waals surface area contributed by atoms with Crippen LogP contribution in [-0.2, 0) is 12.8 Å². The average molecular weight is 385 g/mol. The lowest BCUT2D eigenvalue weighted by Crippen LogP contribution is -2.25. The summed E-state index contributed by atoms with van der Waals surface area (Å²) in [5.74, 6) is 1.14. The average Bonchev–Trinajstić information content (AvgIpc) is 3.05. The summed E-state index contributed by atoms with van der Waals surface area (Å²) >= 11 is 0. The number of hydrogen-bond acceptors (Lipinski definition) is 5. The fourth-order valence-corrected chi connectivity index (χ4v) is 3.88. The van der Waals surface area contributed by atoms with Gasteiger partial charge in [0.2, 0.25) is 0 Å². The number of aromatic nitrogens is 4. The van der Waals surface area contributed by atoms with Gasteiger partial charge < -0.3 is 10.2 Å². The van der Waals surface area contributed by atoms with Crippen molar-refractivity contribution in [1.82, 2.24) is 25.1 Å². The Balaban J connectivity index is 0.00000113. The minimum absolute atomic E-state index is 0. The molecule has 8 heteroatoms. The van der Waals surface area contributed by atoms with Crippen molar-refractivity contribution in [2.75, 3.05) is 31.1 Å². The molecule has 1 saturated heterocycles. The van der Waals surface area contributed by atoms with E-state index in [0.29, 0.717) is 6.04 Å². The highest BCUT2D eigenvalue weighted by molar-refractivity contribution is 5.85. The van der Waals surface area contributed by atoms with Gasteiger partial charge in [-0.2, -0.15) is 5.10 Å². The van der Waals surface area contributed by atoms with Crippen LogP contribution in [0.2, 0.25) is 0 Å². The fraction of sp³-hybridized carbons (Fsp3) is 0.588. The second-order valence-corrected chi connectivity index (χ2v) is 6.63. The quantitative estimate of drug-likeness (QED) is 0.860. The highest BCUT2D eigenvalue weighted by Crippen LogP contribution is 2.30. The van der Waals surface area contributed by atoms with Crippen molar-refractivity contribution < 1.29 is 0 Å². The molecule has 0 bridgehead atoms. The van der Waals surface area contributed by atoms with Crippen LogP contribution in [0.5, 0.6) is 0 Å². The van der Waals surface area contributed by atoms with Gasteiger partial charge in [-0.1, -0.05) is 0 Å². The molecule has 2 aromatic rings. The van der Waals surface area contributed by atoms with Gasteiger partial charge in [-0.05, 0) is 39.3 Å². The van der Waals surface area contributed by atoms with Crippen LogP contribution in [0.3, 0.4) is 0 Å². The van der Waals surface area contributed by atoms with Crippen molar-refractivity contribution in [2.24, 2.45) is 0 Å². The van der Waals surface area contributed by atoms with Gasteiger partial charge in [0.1, 0.15) is 12.1 Å². The molecule has 1 atom stereocenters. The van der Waals surface area contributed by atoms with E-state index in [-0.39, 0.29) is 24.8 Å². The van der Waals surface area contributed by atoms with E-state index in [0.717, 1.165) is 57.0 Å². The van der Waals surface area contributed by atoms with Crippen LogP contribution in [0.25, 0.3) is 0 Å². The Morgan fingerprint density at radius 1 is 1.12 bits per heavy atom. The summed E-state index contributed by atoms with van der Waals surface area (Å²) in [6.07, 6.45) is 4.88. The van der Waals surface area contributed by atoms with Crippen molar-refractivity contribution in [3.05, 3.63) is 35.0 Å². The second kappa shape index (κ2) is 8.34. The Labute approximate surface area is 161 Å². The predicted octanol–water partition coefficient (Wildman–Crippen LogP) is 2.27. The highest BCUT2D eigenvalue weighted by Gasteiger charge is 2.28. The summed E-state index contributed by atoms with van der Waals surface area (Å²) in [6, 6.07) is 2.60. The predicted molar refractivity (Wildman–Crippen MR) is 104 cm³/mol. The van der Waals surface area contributed by atoms with Crippen LogP contribution in [-0.4, -0.2) is 45.9 Å². The molecule has 0 spiro atoms. The van der Waals surface area contributed by atoms with Gasteiger partial charge in [-0.25, -0.2) is 9.97 Å². The molecule has 2 aromatic heterocycles. The fourth-order valence-electron chi connectivity index (χ4n) is 3.88. The molecule has 138 valence electrons. The summed E-state index contributed by atoms with van der Waals surface area (Å²) in [6.45, 7) is 8.26. The zero-order chi connectivity index (χ0) is 15.8. The third kappa shape index (κ3) is 3.91. The van der Waals surface area contributed by atoms with Crippen molar-refractivity contribution in [2.45, 2.75) is 39.2 Å². The molecular weight excluding hydrogens is 359 g/mol. The van der Waals surface area contributed by atoms with Crippen LogP contribution in [0, 0.1) is 13.8 Å². The summed E-state index contributed by atoms with van der Waals surface area (Å²) in [4.78, 5) is 11.6. The van der Waals surface area contributed by atoms with Gasteiger partial charge in [0.05, 0.1) is 17.4 Å². The van der Waals surface area contributed by atoms with Gasteiger partial charge >= 0.3 is 0 Å².